The number of rotatable bonds is 3. The summed E-state index contributed by atoms with van der Waals surface area (Å²) in [6.07, 6.45) is 0. The predicted octanol–water partition coefficient (Wildman–Crippen LogP) is 3.24. The summed E-state index contributed by atoms with van der Waals surface area (Å²) in [6.45, 7) is 2.66. The Balaban J connectivity index is 1.74. The number of aromatic nitrogens is 3. The Kier molecular flexibility index (Phi) is 4.54. The zero-order valence-corrected chi connectivity index (χ0v) is 15.9. The van der Waals surface area contributed by atoms with Gasteiger partial charge in [-0.25, -0.2) is 9.67 Å². The zero-order valence-electron chi connectivity index (χ0n) is 15.9. The summed E-state index contributed by atoms with van der Waals surface area (Å²) in [5.74, 6) is 0.619. The molecule has 0 amide bonds. The second-order valence-corrected chi connectivity index (χ2v) is 6.96. The van der Waals surface area contributed by atoms with Gasteiger partial charge in [-0.3, -0.25) is 4.79 Å². The van der Waals surface area contributed by atoms with Crippen LogP contribution in [0.1, 0.15) is 0 Å². The van der Waals surface area contributed by atoms with Gasteiger partial charge in [-0.1, -0.05) is 48.5 Å². The molecule has 1 aliphatic carbocycles. The van der Waals surface area contributed by atoms with E-state index < -0.39 is 0 Å². The van der Waals surface area contributed by atoms with Crippen LogP contribution in [-0.4, -0.2) is 41.1 Å². The van der Waals surface area contributed by atoms with Crippen molar-refractivity contribution in [1.82, 2.24) is 14.8 Å². The Labute approximate surface area is 168 Å². The third-order valence-corrected chi connectivity index (χ3v) is 5.09. The van der Waals surface area contributed by atoms with Crippen LogP contribution in [0.2, 0.25) is 0 Å². The first-order valence-corrected chi connectivity index (χ1v) is 9.68. The number of hydrogen-bond acceptors (Lipinski definition) is 5. The fourth-order valence-corrected chi connectivity index (χ4v) is 3.62. The molecule has 2 aromatic carbocycles. The van der Waals surface area contributed by atoms with Crippen molar-refractivity contribution in [3.63, 3.8) is 0 Å². The molecule has 1 saturated heterocycles. The number of fused-ring (bicyclic) bond motifs is 1. The second-order valence-electron chi connectivity index (χ2n) is 6.96. The molecule has 2 aliphatic heterocycles. The quantitative estimate of drug-likeness (QED) is 0.543. The summed E-state index contributed by atoms with van der Waals surface area (Å²) in [7, 11) is 0. The SMILES string of the molecule is O=c1cc2n(-c3ccccc3)nc(-c3ccccc3)nc-2cc1N1CCOCC1. The van der Waals surface area contributed by atoms with Gasteiger partial charge in [0.1, 0.15) is 0 Å². The molecule has 2 heterocycles. The van der Waals surface area contributed by atoms with Crippen molar-refractivity contribution in [2.75, 3.05) is 31.2 Å². The number of para-hydroxylation sites is 1. The lowest BCUT2D eigenvalue weighted by Crippen LogP contribution is -2.38. The highest BCUT2D eigenvalue weighted by atomic mass is 16.5. The number of morpholine rings is 1. The molecule has 0 N–H and O–H groups in total. The molecule has 1 fully saturated rings. The van der Waals surface area contributed by atoms with Gasteiger partial charge in [-0.2, -0.15) is 0 Å². The van der Waals surface area contributed by atoms with Crippen molar-refractivity contribution in [2.24, 2.45) is 0 Å². The van der Waals surface area contributed by atoms with Crippen molar-refractivity contribution < 1.29 is 4.74 Å². The van der Waals surface area contributed by atoms with Crippen molar-refractivity contribution in [2.45, 2.75) is 0 Å². The number of hydrogen-bond donors (Lipinski definition) is 0. The number of anilines is 1. The summed E-state index contributed by atoms with van der Waals surface area (Å²) in [6, 6.07) is 23.2. The first-order chi connectivity index (χ1) is 14.3. The van der Waals surface area contributed by atoms with E-state index in [9.17, 15) is 4.79 Å². The van der Waals surface area contributed by atoms with Gasteiger partial charge < -0.3 is 9.64 Å². The van der Waals surface area contributed by atoms with Crippen LogP contribution in [-0.2, 0) is 4.74 Å². The Morgan fingerprint density at radius 2 is 1.55 bits per heavy atom. The molecule has 5 rings (SSSR count). The maximum Gasteiger partial charge on any atom is 0.204 e. The van der Waals surface area contributed by atoms with E-state index in [0.29, 0.717) is 43.5 Å². The summed E-state index contributed by atoms with van der Waals surface area (Å²) < 4.78 is 7.23. The van der Waals surface area contributed by atoms with E-state index in [1.807, 2.05) is 66.7 Å². The zero-order chi connectivity index (χ0) is 19.6. The Bertz CT molecular complexity index is 1150. The molecule has 0 radical (unpaired) electrons. The van der Waals surface area contributed by atoms with Gasteiger partial charge in [-0.05, 0) is 18.2 Å². The lowest BCUT2D eigenvalue weighted by Gasteiger charge is -2.29. The molecule has 144 valence electrons. The summed E-state index contributed by atoms with van der Waals surface area (Å²) in [5.41, 5.74) is 3.88. The predicted molar refractivity (Wildman–Crippen MR) is 113 cm³/mol. The molecule has 0 aromatic heterocycles. The van der Waals surface area contributed by atoms with E-state index in [-0.39, 0.29) is 5.43 Å². The molecule has 0 atom stereocenters. The van der Waals surface area contributed by atoms with Crippen molar-refractivity contribution in [3.8, 4) is 28.5 Å². The second kappa shape index (κ2) is 7.48. The first-order valence-electron chi connectivity index (χ1n) is 9.68. The smallest absolute Gasteiger partial charge is 0.204 e. The monoisotopic (exact) mass is 384 g/mol. The number of benzene rings is 3. The lowest BCUT2D eigenvalue weighted by atomic mass is 10.1. The van der Waals surface area contributed by atoms with Crippen LogP contribution in [0.15, 0.2) is 77.6 Å². The van der Waals surface area contributed by atoms with Gasteiger partial charge in [0.2, 0.25) is 5.43 Å². The van der Waals surface area contributed by atoms with Crippen LogP contribution in [0.25, 0.3) is 28.5 Å². The molecule has 0 unspecified atom stereocenters. The normalized spacial score (nSPS) is 14.3. The fourth-order valence-electron chi connectivity index (χ4n) is 3.62. The highest BCUT2D eigenvalue weighted by Gasteiger charge is 2.21. The Hall–Kier alpha value is -3.51. The standard InChI is InChI=1S/C23H20N4O2/c28-22-16-20-19(15-21(22)26-11-13-29-14-12-26)24-23(17-7-3-1-4-8-17)25-27(20)18-9-5-2-6-10-18/h1-10,15-16H,11-14H2. The van der Waals surface area contributed by atoms with E-state index >= 15 is 0 Å². The van der Waals surface area contributed by atoms with E-state index in [0.717, 1.165) is 16.9 Å². The molecule has 2 aromatic rings. The molecule has 0 spiro atoms. The minimum Gasteiger partial charge on any atom is -0.378 e. The molecule has 0 saturated carbocycles. The largest absolute Gasteiger partial charge is 0.378 e. The van der Waals surface area contributed by atoms with Crippen molar-refractivity contribution >= 4 is 5.69 Å². The van der Waals surface area contributed by atoms with Crippen LogP contribution in [0.3, 0.4) is 0 Å². The number of ether oxygens (including phenoxy) is 1. The third-order valence-electron chi connectivity index (χ3n) is 5.09. The van der Waals surface area contributed by atoms with E-state index in [1.54, 1.807) is 10.7 Å². The van der Waals surface area contributed by atoms with Gasteiger partial charge in [0.25, 0.3) is 0 Å². The lowest BCUT2D eigenvalue weighted by molar-refractivity contribution is 0.122. The molecule has 3 aliphatic rings. The van der Waals surface area contributed by atoms with Crippen molar-refractivity contribution in [3.05, 3.63) is 83.0 Å². The van der Waals surface area contributed by atoms with Crippen LogP contribution < -0.4 is 10.3 Å². The maximum atomic E-state index is 12.9. The number of nitrogens with zero attached hydrogens (tertiary/aromatic N) is 4. The molecular formula is C23H20N4O2. The molecule has 6 nitrogen and oxygen atoms in total. The van der Waals surface area contributed by atoms with Gasteiger partial charge in [-0.15, -0.1) is 5.10 Å². The third kappa shape index (κ3) is 3.39. The summed E-state index contributed by atoms with van der Waals surface area (Å²) in [4.78, 5) is 19.8. The van der Waals surface area contributed by atoms with Gasteiger partial charge in [0, 0.05) is 24.7 Å². The average molecular weight is 384 g/mol. The maximum absolute atomic E-state index is 12.9. The minimum absolute atomic E-state index is 0.0276. The molecular weight excluding hydrogens is 364 g/mol. The highest BCUT2D eigenvalue weighted by Crippen LogP contribution is 2.27. The summed E-state index contributed by atoms with van der Waals surface area (Å²) in [5, 5.41) is 4.76. The summed E-state index contributed by atoms with van der Waals surface area (Å²) >= 11 is 0. The van der Waals surface area contributed by atoms with Crippen LogP contribution in [0.5, 0.6) is 0 Å². The van der Waals surface area contributed by atoms with E-state index in [1.165, 1.54) is 0 Å². The van der Waals surface area contributed by atoms with E-state index in [4.69, 9.17) is 14.8 Å². The van der Waals surface area contributed by atoms with Gasteiger partial charge in [0.05, 0.1) is 36.0 Å². The van der Waals surface area contributed by atoms with Crippen LogP contribution in [0, 0.1) is 0 Å². The Morgan fingerprint density at radius 3 is 2.28 bits per heavy atom. The highest BCUT2D eigenvalue weighted by molar-refractivity contribution is 5.69. The fraction of sp³-hybridized carbons (Fsp3) is 0.174. The van der Waals surface area contributed by atoms with Gasteiger partial charge >= 0.3 is 0 Å². The minimum atomic E-state index is -0.0276. The van der Waals surface area contributed by atoms with E-state index in [2.05, 4.69) is 4.90 Å². The van der Waals surface area contributed by atoms with Crippen molar-refractivity contribution in [1.29, 1.82) is 0 Å². The molecule has 29 heavy (non-hydrogen) atoms. The molecule has 6 heteroatoms. The average Bonchev–Trinajstić information content (AvgIpc) is 2.80. The molecule has 0 bridgehead atoms. The van der Waals surface area contributed by atoms with Crippen LogP contribution in [0.4, 0.5) is 5.69 Å². The van der Waals surface area contributed by atoms with Crippen LogP contribution >= 0.6 is 0 Å². The van der Waals surface area contributed by atoms with Gasteiger partial charge in [0.15, 0.2) is 5.82 Å². The topological polar surface area (TPSA) is 60.2 Å². The first kappa shape index (κ1) is 17.6. The Morgan fingerprint density at radius 1 is 0.862 bits per heavy atom.